The van der Waals surface area contributed by atoms with Gasteiger partial charge in [-0.25, -0.2) is 0 Å². The summed E-state index contributed by atoms with van der Waals surface area (Å²) in [5, 5.41) is 11.8. The number of nitrogens with one attached hydrogen (secondary N) is 1. The molecule has 1 saturated heterocycles. The number of thiocarbonyl (C=S) groups is 1. The molecule has 2 aromatic rings. The fourth-order valence-corrected chi connectivity index (χ4v) is 2.80. The molecule has 1 aromatic heterocycles. The number of carbonyl (C=O) groups is 2. The average molecular weight is 351 g/mol. The van der Waals surface area contributed by atoms with Gasteiger partial charge >= 0.3 is 0 Å². The molecule has 124 valence electrons. The van der Waals surface area contributed by atoms with E-state index in [4.69, 9.17) is 16.6 Å². The Hall–Kier alpha value is -3.24. The summed E-state index contributed by atoms with van der Waals surface area (Å²) in [5.74, 6) is -0.206. The molecule has 1 aromatic carbocycles. The van der Waals surface area contributed by atoms with Crippen LogP contribution in [0.25, 0.3) is 17.4 Å². The summed E-state index contributed by atoms with van der Waals surface area (Å²) in [6.45, 7) is 2.12. The predicted octanol–water partition coefficient (Wildman–Crippen LogP) is 2.46. The van der Waals surface area contributed by atoms with Gasteiger partial charge in [-0.1, -0.05) is 12.1 Å². The maximum atomic E-state index is 12.4. The van der Waals surface area contributed by atoms with Crippen LogP contribution in [0, 0.1) is 11.3 Å². The molecule has 0 aliphatic carbocycles. The number of rotatable bonds is 3. The molecule has 25 heavy (non-hydrogen) atoms. The van der Waals surface area contributed by atoms with Crippen molar-refractivity contribution in [2.45, 2.75) is 6.92 Å². The van der Waals surface area contributed by atoms with Gasteiger partial charge in [-0.3, -0.25) is 19.8 Å². The minimum absolute atomic E-state index is 0.0510. The highest BCUT2D eigenvalue weighted by atomic mass is 32.1. The Morgan fingerprint density at radius 2 is 2.04 bits per heavy atom. The molecular weight excluding hydrogens is 338 g/mol. The third kappa shape index (κ3) is 3.07. The zero-order chi connectivity index (χ0) is 18.0. The molecule has 0 radical (unpaired) electrons. The summed E-state index contributed by atoms with van der Waals surface area (Å²) in [5.41, 5.74) is 1.07. The fourth-order valence-electron chi connectivity index (χ4n) is 2.49. The summed E-state index contributed by atoms with van der Waals surface area (Å²) < 4.78 is 5.70. The molecule has 1 aliphatic heterocycles. The van der Waals surface area contributed by atoms with Gasteiger partial charge in [-0.2, -0.15) is 5.26 Å². The zero-order valence-electron chi connectivity index (χ0n) is 13.3. The van der Waals surface area contributed by atoms with Crippen molar-refractivity contribution in [1.29, 1.82) is 5.26 Å². The van der Waals surface area contributed by atoms with E-state index in [1.165, 1.54) is 11.0 Å². The quantitative estimate of drug-likeness (QED) is 0.521. The maximum absolute atomic E-state index is 12.4. The van der Waals surface area contributed by atoms with E-state index in [1.807, 2.05) is 0 Å². The molecule has 3 rings (SSSR count). The lowest BCUT2D eigenvalue weighted by Crippen LogP contribution is -2.53. The Kier molecular flexibility index (Phi) is 4.46. The maximum Gasteiger partial charge on any atom is 0.265 e. The van der Waals surface area contributed by atoms with Crippen molar-refractivity contribution in [3.05, 3.63) is 53.3 Å². The minimum atomic E-state index is -0.560. The molecule has 1 N–H and O–H groups in total. The van der Waals surface area contributed by atoms with Gasteiger partial charge < -0.3 is 4.42 Å². The first kappa shape index (κ1) is 16.6. The van der Waals surface area contributed by atoms with Gasteiger partial charge in [0.15, 0.2) is 5.11 Å². The van der Waals surface area contributed by atoms with E-state index in [2.05, 4.69) is 11.4 Å². The van der Waals surface area contributed by atoms with Crippen molar-refractivity contribution in [2.75, 3.05) is 6.54 Å². The van der Waals surface area contributed by atoms with Gasteiger partial charge in [0, 0.05) is 12.1 Å². The number of likely N-dealkylation sites (N-methyl/N-ethyl adjacent to an activating group) is 1. The smallest absolute Gasteiger partial charge is 0.265 e. The topological polar surface area (TPSA) is 86.3 Å². The molecule has 1 aliphatic rings. The summed E-state index contributed by atoms with van der Waals surface area (Å²) in [6.07, 6.45) is 1.38. The van der Waals surface area contributed by atoms with Crippen LogP contribution in [-0.2, 0) is 9.59 Å². The van der Waals surface area contributed by atoms with Crippen LogP contribution in [0.5, 0.6) is 0 Å². The zero-order valence-corrected chi connectivity index (χ0v) is 14.1. The van der Waals surface area contributed by atoms with E-state index in [-0.39, 0.29) is 10.7 Å². The first-order valence-corrected chi connectivity index (χ1v) is 7.94. The van der Waals surface area contributed by atoms with Crippen LogP contribution in [-0.4, -0.2) is 28.4 Å². The number of nitrogens with zero attached hydrogens (tertiary/aromatic N) is 2. The Bertz CT molecular complexity index is 952. The third-order valence-electron chi connectivity index (χ3n) is 3.73. The standard InChI is InChI=1S/C18H13N3O3S/c1-2-21-17(23)14(16(22)20-18(21)25)9-12-7-8-15(24-12)13-6-4-3-5-11(13)10-19/h3-9H,2H2,1H3,(H,20,22,25)/b14-9+. The van der Waals surface area contributed by atoms with Crippen LogP contribution in [0.2, 0.25) is 0 Å². The van der Waals surface area contributed by atoms with Crippen LogP contribution >= 0.6 is 12.2 Å². The third-order valence-corrected chi connectivity index (χ3v) is 4.05. The monoisotopic (exact) mass is 351 g/mol. The van der Waals surface area contributed by atoms with Gasteiger partial charge in [0.2, 0.25) is 0 Å². The SMILES string of the molecule is CCN1C(=O)/C(=C/c2ccc(-c3ccccc3C#N)o2)C(=O)NC1=S. The van der Waals surface area contributed by atoms with E-state index >= 15 is 0 Å². The van der Waals surface area contributed by atoms with Crippen LogP contribution < -0.4 is 5.32 Å². The first-order chi connectivity index (χ1) is 12.0. The van der Waals surface area contributed by atoms with E-state index in [9.17, 15) is 14.9 Å². The predicted molar refractivity (Wildman–Crippen MR) is 95.0 cm³/mol. The molecule has 7 heteroatoms. The van der Waals surface area contributed by atoms with Crippen molar-refractivity contribution in [1.82, 2.24) is 10.2 Å². The Morgan fingerprint density at radius 1 is 1.28 bits per heavy atom. The van der Waals surface area contributed by atoms with Crippen molar-refractivity contribution < 1.29 is 14.0 Å². The van der Waals surface area contributed by atoms with Gasteiger partial charge in [0.25, 0.3) is 11.8 Å². The minimum Gasteiger partial charge on any atom is -0.457 e. The van der Waals surface area contributed by atoms with E-state index in [0.717, 1.165) is 0 Å². The van der Waals surface area contributed by atoms with Crippen LogP contribution in [0.15, 0.2) is 46.4 Å². The normalized spacial score (nSPS) is 16.1. The highest BCUT2D eigenvalue weighted by Crippen LogP contribution is 2.26. The second-order valence-electron chi connectivity index (χ2n) is 5.23. The summed E-state index contributed by atoms with van der Waals surface area (Å²) in [7, 11) is 0. The molecule has 1 fully saturated rings. The molecule has 0 atom stereocenters. The van der Waals surface area contributed by atoms with Crippen LogP contribution in [0.1, 0.15) is 18.2 Å². The van der Waals surface area contributed by atoms with Crippen LogP contribution in [0.4, 0.5) is 0 Å². The summed E-state index contributed by atoms with van der Waals surface area (Å²) >= 11 is 4.99. The lowest BCUT2D eigenvalue weighted by molar-refractivity contribution is -0.128. The molecule has 0 bridgehead atoms. The van der Waals surface area contributed by atoms with E-state index in [0.29, 0.717) is 29.2 Å². The molecular formula is C18H13N3O3S. The molecule has 0 spiro atoms. The largest absolute Gasteiger partial charge is 0.457 e. The highest BCUT2D eigenvalue weighted by molar-refractivity contribution is 7.80. The van der Waals surface area contributed by atoms with E-state index in [1.54, 1.807) is 43.3 Å². The second-order valence-corrected chi connectivity index (χ2v) is 5.61. The molecule has 2 amide bonds. The number of hydrogen-bond donors (Lipinski definition) is 1. The van der Waals surface area contributed by atoms with Crippen molar-refractivity contribution in [2.24, 2.45) is 0 Å². The fraction of sp³-hybridized carbons (Fsp3) is 0.111. The van der Waals surface area contributed by atoms with Crippen molar-refractivity contribution in [3.8, 4) is 17.4 Å². The Labute approximate surface area is 149 Å². The summed E-state index contributed by atoms with van der Waals surface area (Å²) in [6, 6.07) is 12.5. The molecule has 2 heterocycles. The molecule has 6 nitrogen and oxygen atoms in total. The molecule has 0 saturated carbocycles. The first-order valence-electron chi connectivity index (χ1n) is 7.53. The van der Waals surface area contributed by atoms with Gasteiger partial charge in [0.05, 0.1) is 11.6 Å². The number of amides is 2. The molecule has 0 unspecified atom stereocenters. The van der Waals surface area contributed by atoms with Gasteiger partial charge in [-0.05, 0) is 49.5 Å². The van der Waals surface area contributed by atoms with Gasteiger partial charge in [-0.15, -0.1) is 0 Å². The van der Waals surface area contributed by atoms with Crippen LogP contribution in [0.3, 0.4) is 0 Å². The lowest BCUT2D eigenvalue weighted by Gasteiger charge is -2.27. The Balaban J connectivity index is 1.96. The summed E-state index contributed by atoms with van der Waals surface area (Å²) in [4.78, 5) is 25.7. The average Bonchev–Trinajstić information content (AvgIpc) is 3.07. The van der Waals surface area contributed by atoms with E-state index < -0.39 is 11.8 Å². The van der Waals surface area contributed by atoms with Gasteiger partial charge in [0.1, 0.15) is 17.1 Å². The van der Waals surface area contributed by atoms with Crippen molar-refractivity contribution >= 4 is 35.2 Å². The number of furan rings is 1. The second kappa shape index (κ2) is 6.71. The number of carbonyl (C=O) groups excluding carboxylic acids is 2. The Morgan fingerprint density at radius 3 is 2.76 bits per heavy atom. The number of hydrogen-bond acceptors (Lipinski definition) is 5. The number of benzene rings is 1. The number of nitriles is 1. The lowest BCUT2D eigenvalue weighted by atomic mass is 10.1. The van der Waals surface area contributed by atoms with Crippen molar-refractivity contribution in [3.63, 3.8) is 0 Å². The highest BCUT2D eigenvalue weighted by Gasteiger charge is 2.32.